The third kappa shape index (κ3) is 4.89. The second-order valence-corrected chi connectivity index (χ2v) is 8.17. The molecular weight excluding hydrogens is 339 g/mol. The van der Waals surface area contributed by atoms with Crippen LogP contribution in [0.3, 0.4) is 0 Å². The largest absolute Gasteiger partial charge is 0.337 e. The number of amides is 2. The Kier molecular flexibility index (Phi) is 5.62. The number of anilines is 1. The molecule has 0 bridgehead atoms. The lowest BCUT2D eigenvalue weighted by atomic mass is 9.96. The Morgan fingerprint density at radius 1 is 1.20 bits per heavy atom. The van der Waals surface area contributed by atoms with E-state index in [1.807, 2.05) is 33.8 Å². The number of nitrogens with one attached hydrogen (secondary N) is 1. The van der Waals surface area contributed by atoms with Crippen molar-refractivity contribution in [1.82, 2.24) is 4.90 Å². The fourth-order valence-corrected chi connectivity index (χ4v) is 3.23. The van der Waals surface area contributed by atoms with Crippen LogP contribution in [0.5, 0.6) is 0 Å². The minimum atomic E-state index is -0.499. The van der Waals surface area contributed by atoms with Gasteiger partial charge in [0.1, 0.15) is 5.82 Å². The number of carbonyl (C=O) groups excluding carboxylic acids is 2. The van der Waals surface area contributed by atoms with Gasteiger partial charge in [-0.15, -0.1) is 11.3 Å². The summed E-state index contributed by atoms with van der Waals surface area (Å²) < 4.78 is 13.0. The molecule has 0 saturated heterocycles. The molecule has 0 unspecified atom stereocenters. The van der Waals surface area contributed by atoms with Crippen molar-refractivity contribution in [2.45, 2.75) is 34.2 Å². The molecule has 1 N–H and O–H groups in total. The van der Waals surface area contributed by atoms with Crippen LogP contribution in [0.15, 0.2) is 30.3 Å². The van der Waals surface area contributed by atoms with Crippen LogP contribution < -0.4 is 5.32 Å². The maximum atomic E-state index is 13.0. The molecule has 134 valence electrons. The lowest BCUT2D eigenvalue weighted by Crippen LogP contribution is -2.27. The van der Waals surface area contributed by atoms with Crippen LogP contribution in [0.1, 0.15) is 41.6 Å². The van der Waals surface area contributed by atoms with Crippen LogP contribution in [0.4, 0.5) is 9.39 Å². The van der Waals surface area contributed by atoms with Crippen molar-refractivity contribution in [1.29, 1.82) is 0 Å². The molecule has 1 aromatic heterocycles. The van der Waals surface area contributed by atoms with E-state index in [0.29, 0.717) is 16.4 Å². The first kappa shape index (κ1) is 19.1. The number of halogens is 1. The molecular formula is C19H23FN2O2S. The molecule has 0 aliphatic rings. The van der Waals surface area contributed by atoms with Gasteiger partial charge in [-0.05, 0) is 36.2 Å². The summed E-state index contributed by atoms with van der Waals surface area (Å²) >= 11 is 1.27. The number of hydrogen-bond acceptors (Lipinski definition) is 3. The highest BCUT2D eigenvalue weighted by Crippen LogP contribution is 2.29. The van der Waals surface area contributed by atoms with E-state index in [4.69, 9.17) is 0 Å². The van der Waals surface area contributed by atoms with Crippen LogP contribution in [0, 0.1) is 18.2 Å². The molecule has 2 aromatic rings. The molecule has 0 aliphatic heterocycles. The van der Waals surface area contributed by atoms with Gasteiger partial charge in [0.2, 0.25) is 5.91 Å². The predicted molar refractivity (Wildman–Crippen MR) is 99.3 cm³/mol. The molecule has 1 aromatic carbocycles. The number of carbonyl (C=O) groups is 2. The lowest BCUT2D eigenvalue weighted by molar-refractivity contribution is -0.123. The molecule has 0 atom stereocenters. The molecule has 2 rings (SSSR count). The minimum absolute atomic E-state index is 0.0904. The summed E-state index contributed by atoms with van der Waals surface area (Å²) in [5.74, 6) is -0.512. The summed E-state index contributed by atoms with van der Waals surface area (Å²) in [6.45, 7) is 7.75. The van der Waals surface area contributed by atoms with Crippen molar-refractivity contribution in [3.05, 3.63) is 52.2 Å². The van der Waals surface area contributed by atoms with E-state index in [2.05, 4.69) is 5.32 Å². The van der Waals surface area contributed by atoms with E-state index in [0.717, 1.165) is 11.1 Å². The summed E-state index contributed by atoms with van der Waals surface area (Å²) in [4.78, 5) is 27.0. The summed E-state index contributed by atoms with van der Waals surface area (Å²) in [5.41, 5.74) is 1.18. The van der Waals surface area contributed by atoms with Gasteiger partial charge in [0.15, 0.2) is 0 Å². The minimum Gasteiger partial charge on any atom is -0.337 e. The Labute approximate surface area is 151 Å². The Bertz CT molecular complexity index is 776. The Hall–Kier alpha value is -2.21. The maximum absolute atomic E-state index is 13.0. The Balaban J connectivity index is 2.11. The second kappa shape index (κ2) is 7.35. The molecule has 4 nitrogen and oxygen atoms in total. The van der Waals surface area contributed by atoms with Gasteiger partial charge >= 0.3 is 0 Å². The van der Waals surface area contributed by atoms with Gasteiger partial charge in [-0.3, -0.25) is 9.59 Å². The number of nitrogens with zero attached hydrogens (tertiary/aromatic N) is 1. The number of thiophene rings is 1. The van der Waals surface area contributed by atoms with Crippen LogP contribution in [0.2, 0.25) is 0 Å². The molecule has 0 fully saturated rings. The number of hydrogen-bond donors (Lipinski definition) is 1. The lowest BCUT2D eigenvalue weighted by Gasteiger charge is -2.17. The van der Waals surface area contributed by atoms with E-state index in [1.54, 1.807) is 24.1 Å². The summed E-state index contributed by atoms with van der Waals surface area (Å²) in [7, 11) is 1.71. The van der Waals surface area contributed by atoms with Gasteiger partial charge in [-0.2, -0.15) is 0 Å². The molecule has 2 amide bonds. The third-order valence-corrected chi connectivity index (χ3v) is 4.85. The highest BCUT2D eigenvalue weighted by molar-refractivity contribution is 7.18. The van der Waals surface area contributed by atoms with Crippen molar-refractivity contribution >= 4 is 28.2 Å². The van der Waals surface area contributed by atoms with E-state index in [-0.39, 0.29) is 17.6 Å². The summed E-state index contributed by atoms with van der Waals surface area (Å²) in [6.07, 6.45) is 0. The van der Waals surface area contributed by atoms with Crippen LogP contribution >= 0.6 is 11.3 Å². The first-order valence-corrected chi connectivity index (χ1v) is 8.81. The first-order chi connectivity index (χ1) is 11.6. The maximum Gasteiger partial charge on any atom is 0.264 e. The van der Waals surface area contributed by atoms with E-state index in [1.165, 1.54) is 23.5 Å². The third-order valence-electron chi connectivity index (χ3n) is 3.71. The summed E-state index contributed by atoms with van der Waals surface area (Å²) in [5, 5.41) is 3.52. The van der Waals surface area contributed by atoms with Gasteiger partial charge in [-0.1, -0.05) is 32.9 Å². The van der Waals surface area contributed by atoms with Crippen molar-refractivity contribution in [3.63, 3.8) is 0 Å². The Morgan fingerprint density at radius 2 is 1.80 bits per heavy atom. The van der Waals surface area contributed by atoms with Crippen molar-refractivity contribution in [3.8, 4) is 0 Å². The monoisotopic (exact) mass is 362 g/mol. The highest BCUT2D eigenvalue weighted by Gasteiger charge is 2.23. The summed E-state index contributed by atoms with van der Waals surface area (Å²) in [6, 6.07) is 7.90. The zero-order valence-electron chi connectivity index (χ0n) is 15.1. The van der Waals surface area contributed by atoms with E-state index in [9.17, 15) is 14.0 Å². The standard InChI is InChI=1S/C19H23FN2O2S/c1-12-10-15(21-18(24)19(2,3)4)25-16(12)17(23)22(5)11-13-6-8-14(20)9-7-13/h6-10H,11H2,1-5H3,(H,21,24). The van der Waals surface area contributed by atoms with E-state index < -0.39 is 5.41 Å². The average molecular weight is 362 g/mol. The zero-order chi connectivity index (χ0) is 18.8. The van der Waals surface area contributed by atoms with Crippen molar-refractivity contribution < 1.29 is 14.0 Å². The van der Waals surface area contributed by atoms with Gasteiger partial charge in [0, 0.05) is 19.0 Å². The van der Waals surface area contributed by atoms with Crippen LogP contribution in [-0.4, -0.2) is 23.8 Å². The molecule has 0 saturated carbocycles. The molecule has 0 aliphatic carbocycles. The zero-order valence-corrected chi connectivity index (χ0v) is 16.0. The second-order valence-electron chi connectivity index (χ2n) is 7.11. The fraction of sp³-hybridized carbons (Fsp3) is 0.368. The smallest absolute Gasteiger partial charge is 0.264 e. The predicted octanol–water partition coefficient (Wildman–Crippen LogP) is 4.45. The van der Waals surface area contributed by atoms with Gasteiger partial charge in [-0.25, -0.2) is 4.39 Å². The van der Waals surface area contributed by atoms with Crippen LogP contribution in [-0.2, 0) is 11.3 Å². The topological polar surface area (TPSA) is 49.4 Å². The SMILES string of the molecule is Cc1cc(NC(=O)C(C)(C)C)sc1C(=O)N(C)Cc1ccc(F)cc1. The van der Waals surface area contributed by atoms with Crippen LogP contribution in [0.25, 0.3) is 0 Å². The average Bonchev–Trinajstić information content (AvgIpc) is 2.88. The van der Waals surface area contributed by atoms with Gasteiger partial charge in [0.25, 0.3) is 5.91 Å². The molecule has 0 spiro atoms. The quantitative estimate of drug-likeness (QED) is 0.873. The number of benzene rings is 1. The number of aryl methyl sites for hydroxylation is 1. The van der Waals surface area contributed by atoms with Crippen molar-refractivity contribution in [2.75, 3.05) is 12.4 Å². The fourth-order valence-electron chi connectivity index (χ4n) is 2.16. The number of rotatable bonds is 4. The molecule has 6 heteroatoms. The van der Waals surface area contributed by atoms with E-state index >= 15 is 0 Å². The first-order valence-electron chi connectivity index (χ1n) is 7.99. The molecule has 25 heavy (non-hydrogen) atoms. The van der Waals surface area contributed by atoms with Crippen molar-refractivity contribution in [2.24, 2.45) is 5.41 Å². The highest BCUT2D eigenvalue weighted by atomic mass is 32.1. The molecule has 1 heterocycles. The molecule has 0 radical (unpaired) electrons. The van der Waals surface area contributed by atoms with Gasteiger partial charge < -0.3 is 10.2 Å². The normalized spacial score (nSPS) is 11.3. The Morgan fingerprint density at radius 3 is 2.36 bits per heavy atom. The van der Waals surface area contributed by atoms with Gasteiger partial charge in [0.05, 0.1) is 9.88 Å².